The van der Waals surface area contributed by atoms with E-state index < -0.39 is 0 Å². The van der Waals surface area contributed by atoms with Crippen molar-refractivity contribution in [2.75, 3.05) is 12.9 Å². The smallest absolute Gasteiger partial charge is 0.344 e. The van der Waals surface area contributed by atoms with Crippen LogP contribution in [0.3, 0.4) is 0 Å². The third-order valence-corrected chi connectivity index (χ3v) is 5.45. The molecule has 0 aliphatic carbocycles. The molecule has 0 bridgehead atoms. The average molecular weight is 337 g/mol. The van der Waals surface area contributed by atoms with E-state index in [2.05, 4.69) is 40.7 Å². The van der Waals surface area contributed by atoms with Crippen molar-refractivity contribution in [2.45, 2.75) is 41.3 Å². The van der Waals surface area contributed by atoms with Gasteiger partial charge in [-0.15, -0.1) is 16.9 Å². The molecular weight excluding hydrogens is 318 g/mol. The summed E-state index contributed by atoms with van der Waals surface area (Å²) in [6, 6.07) is 8.47. The largest absolute Gasteiger partial charge is 0.376 e. The fourth-order valence-electron chi connectivity index (χ4n) is 2.44. The lowest BCUT2D eigenvalue weighted by atomic mass is 10.2. The zero-order valence-electron chi connectivity index (χ0n) is 12.4. The lowest BCUT2D eigenvalue weighted by Gasteiger charge is -2.11. The van der Waals surface area contributed by atoms with Gasteiger partial charge in [0.05, 0.1) is 12.6 Å². The molecule has 118 valence electrons. The monoisotopic (exact) mass is 337 g/mol. The number of aromatic nitrogens is 3. The van der Waals surface area contributed by atoms with E-state index in [1.54, 1.807) is 28.1 Å². The summed E-state index contributed by atoms with van der Waals surface area (Å²) in [7, 11) is 0. The highest BCUT2D eigenvalue weighted by Crippen LogP contribution is 2.23. The van der Waals surface area contributed by atoms with Crippen molar-refractivity contribution in [3.8, 4) is 0 Å². The van der Waals surface area contributed by atoms with Gasteiger partial charge in [0, 0.05) is 17.3 Å². The number of rotatable bonds is 6. The van der Waals surface area contributed by atoms with Crippen LogP contribution < -0.4 is 5.69 Å². The number of ether oxygens (including phenoxy) is 1. The number of hydrogen-bond donors (Lipinski definition) is 1. The molecule has 5 nitrogen and oxygen atoms in total. The minimum absolute atomic E-state index is 0.135. The van der Waals surface area contributed by atoms with E-state index >= 15 is 0 Å². The van der Waals surface area contributed by atoms with Crippen molar-refractivity contribution < 1.29 is 4.74 Å². The highest BCUT2D eigenvalue weighted by molar-refractivity contribution is 7.98. The minimum Gasteiger partial charge on any atom is -0.376 e. The highest BCUT2D eigenvalue weighted by atomic mass is 32.2. The zero-order valence-corrected chi connectivity index (χ0v) is 14.1. The predicted octanol–water partition coefficient (Wildman–Crippen LogP) is 2.76. The topological polar surface area (TPSA) is 59.9 Å². The fourth-order valence-corrected chi connectivity index (χ4v) is 3.76. The number of aromatic amines is 1. The van der Waals surface area contributed by atoms with Crippen molar-refractivity contribution in [1.82, 2.24) is 14.8 Å². The van der Waals surface area contributed by atoms with E-state index in [9.17, 15) is 4.79 Å². The van der Waals surface area contributed by atoms with Crippen LogP contribution in [0.4, 0.5) is 0 Å². The summed E-state index contributed by atoms with van der Waals surface area (Å²) in [5.41, 5.74) is 1.07. The van der Waals surface area contributed by atoms with Crippen LogP contribution in [-0.2, 0) is 17.0 Å². The molecule has 0 radical (unpaired) electrons. The Bertz CT molecular complexity index is 660. The normalized spacial score (nSPS) is 18.0. The van der Waals surface area contributed by atoms with Crippen molar-refractivity contribution in [3.05, 3.63) is 40.3 Å². The molecule has 1 aromatic heterocycles. The first-order chi connectivity index (χ1) is 10.8. The lowest BCUT2D eigenvalue weighted by Crippen LogP contribution is -2.24. The Morgan fingerprint density at radius 3 is 2.91 bits per heavy atom. The second-order valence-electron chi connectivity index (χ2n) is 5.19. The molecule has 1 aromatic carbocycles. The Balaban J connectivity index is 1.65. The third kappa shape index (κ3) is 3.77. The molecule has 1 saturated heterocycles. The Hall–Kier alpha value is -1.18. The van der Waals surface area contributed by atoms with Gasteiger partial charge in [0.2, 0.25) is 0 Å². The van der Waals surface area contributed by atoms with Gasteiger partial charge in [-0.25, -0.2) is 9.89 Å². The van der Waals surface area contributed by atoms with Crippen LogP contribution in [0, 0.1) is 0 Å². The van der Waals surface area contributed by atoms with E-state index in [0.717, 1.165) is 30.4 Å². The summed E-state index contributed by atoms with van der Waals surface area (Å²) in [4.78, 5) is 13.1. The van der Waals surface area contributed by atoms with Crippen molar-refractivity contribution >= 4 is 23.5 Å². The first-order valence-electron chi connectivity index (χ1n) is 7.29. The summed E-state index contributed by atoms with van der Waals surface area (Å²) in [6.45, 7) is 1.38. The first kappa shape index (κ1) is 15.7. The van der Waals surface area contributed by atoms with Gasteiger partial charge < -0.3 is 4.74 Å². The molecule has 1 aliphatic rings. The zero-order chi connectivity index (χ0) is 15.4. The lowest BCUT2D eigenvalue weighted by molar-refractivity contribution is 0.0941. The number of benzene rings is 1. The first-order valence-corrected chi connectivity index (χ1v) is 9.50. The second kappa shape index (κ2) is 7.39. The molecule has 7 heteroatoms. The van der Waals surface area contributed by atoms with Crippen molar-refractivity contribution in [2.24, 2.45) is 0 Å². The minimum atomic E-state index is -0.157. The van der Waals surface area contributed by atoms with E-state index in [1.165, 1.54) is 10.5 Å². The van der Waals surface area contributed by atoms with Crippen LogP contribution in [0.1, 0.15) is 18.4 Å². The molecule has 2 aromatic rings. The molecule has 1 fully saturated rings. The molecule has 3 rings (SSSR count). The van der Waals surface area contributed by atoms with Gasteiger partial charge in [0.25, 0.3) is 0 Å². The quantitative estimate of drug-likeness (QED) is 0.821. The highest BCUT2D eigenvalue weighted by Gasteiger charge is 2.19. The van der Waals surface area contributed by atoms with Crippen LogP contribution in [0.25, 0.3) is 0 Å². The molecule has 0 saturated carbocycles. The summed E-state index contributed by atoms with van der Waals surface area (Å²) in [5.74, 6) is 0.796. The number of H-pyrrole nitrogens is 1. The summed E-state index contributed by atoms with van der Waals surface area (Å²) in [5, 5.41) is 7.41. The van der Waals surface area contributed by atoms with Crippen LogP contribution in [0.5, 0.6) is 0 Å². The number of nitrogens with one attached hydrogen (secondary N) is 1. The molecular formula is C15H19N3O2S2. The van der Waals surface area contributed by atoms with Crippen LogP contribution in [0.15, 0.2) is 39.1 Å². The molecule has 1 atom stereocenters. The molecule has 0 amide bonds. The van der Waals surface area contributed by atoms with Gasteiger partial charge in [-0.3, -0.25) is 4.57 Å². The molecule has 0 spiro atoms. The Morgan fingerprint density at radius 2 is 2.23 bits per heavy atom. The van der Waals surface area contributed by atoms with Gasteiger partial charge in [-0.05, 0) is 36.8 Å². The summed E-state index contributed by atoms with van der Waals surface area (Å²) in [6.07, 6.45) is 4.28. The summed E-state index contributed by atoms with van der Waals surface area (Å²) < 4.78 is 7.30. The fraction of sp³-hybridized carbons (Fsp3) is 0.467. The van der Waals surface area contributed by atoms with Gasteiger partial charge in [-0.2, -0.15) is 0 Å². The SMILES string of the molecule is CSc1ccc(CSc2n[nH]c(=O)n2C[C@H]2CCCO2)cc1. The van der Waals surface area contributed by atoms with Gasteiger partial charge in [-0.1, -0.05) is 23.9 Å². The maximum Gasteiger partial charge on any atom is 0.344 e. The molecule has 2 heterocycles. The van der Waals surface area contributed by atoms with Gasteiger partial charge in [0.1, 0.15) is 0 Å². The second-order valence-corrected chi connectivity index (χ2v) is 7.02. The number of hydrogen-bond acceptors (Lipinski definition) is 5. The number of nitrogens with zero attached hydrogens (tertiary/aromatic N) is 2. The Morgan fingerprint density at radius 1 is 1.41 bits per heavy atom. The van der Waals surface area contributed by atoms with Crippen LogP contribution in [0.2, 0.25) is 0 Å². The van der Waals surface area contributed by atoms with Crippen LogP contribution in [-0.4, -0.2) is 33.7 Å². The molecule has 0 unspecified atom stereocenters. The van der Waals surface area contributed by atoms with Crippen LogP contribution >= 0.6 is 23.5 Å². The Labute approximate surface area is 137 Å². The standard InChI is InChI=1S/C15H19N3O2S2/c1-21-13-6-4-11(5-7-13)10-22-15-17-16-14(19)18(15)9-12-3-2-8-20-12/h4-7,12H,2-3,8-10H2,1H3,(H,16,19)/t12-/m1/s1. The maximum atomic E-state index is 11.9. The molecule has 22 heavy (non-hydrogen) atoms. The van der Waals surface area contributed by atoms with Crippen molar-refractivity contribution in [1.29, 1.82) is 0 Å². The van der Waals surface area contributed by atoms with E-state index in [4.69, 9.17) is 4.74 Å². The van der Waals surface area contributed by atoms with Gasteiger partial charge in [0.15, 0.2) is 5.16 Å². The third-order valence-electron chi connectivity index (χ3n) is 3.66. The van der Waals surface area contributed by atoms with Crippen molar-refractivity contribution in [3.63, 3.8) is 0 Å². The van der Waals surface area contributed by atoms with E-state index in [1.807, 2.05) is 0 Å². The number of thioether (sulfide) groups is 2. The summed E-state index contributed by atoms with van der Waals surface area (Å²) >= 11 is 3.31. The predicted molar refractivity (Wildman–Crippen MR) is 89.6 cm³/mol. The average Bonchev–Trinajstić information content (AvgIpc) is 3.18. The molecule has 1 aliphatic heterocycles. The Kier molecular flexibility index (Phi) is 5.28. The molecule has 1 N–H and O–H groups in total. The maximum absolute atomic E-state index is 11.9. The van der Waals surface area contributed by atoms with E-state index in [-0.39, 0.29) is 11.8 Å². The van der Waals surface area contributed by atoms with Gasteiger partial charge >= 0.3 is 5.69 Å². The van der Waals surface area contributed by atoms with E-state index in [0.29, 0.717) is 6.54 Å².